The highest BCUT2D eigenvalue weighted by atomic mass is 32.1. The van der Waals surface area contributed by atoms with E-state index in [9.17, 15) is 0 Å². The predicted octanol–water partition coefficient (Wildman–Crippen LogP) is 1.77. The molecular weight excluding hydrogens is 124 g/mol. The van der Waals surface area contributed by atoms with Crippen molar-refractivity contribution in [2.45, 2.75) is 29.8 Å². The summed E-state index contributed by atoms with van der Waals surface area (Å²) in [5, 5.41) is 1.28. The van der Waals surface area contributed by atoms with Crippen molar-refractivity contribution in [2.75, 3.05) is 0 Å². The Bertz CT molecular complexity index is 55.1. The maximum absolute atomic E-state index is 4.30. The van der Waals surface area contributed by atoms with Gasteiger partial charge in [0.2, 0.25) is 0 Å². The van der Waals surface area contributed by atoms with E-state index < -0.39 is 0 Å². The van der Waals surface area contributed by atoms with Crippen LogP contribution in [0.2, 0.25) is 0 Å². The fourth-order valence-electron chi connectivity index (χ4n) is 0.935. The molecule has 1 aliphatic rings. The molecule has 0 heterocycles. The molecule has 0 amide bonds. The molecule has 0 bridgehead atoms. The second-order valence-electron chi connectivity index (χ2n) is 2.12. The summed E-state index contributed by atoms with van der Waals surface area (Å²) < 4.78 is 0. The van der Waals surface area contributed by atoms with Crippen molar-refractivity contribution in [3.63, 3.8) is 0 Å². The van der Waals surface area contributed by atoms with Crippen molar-refractivity contribution in [1.82, 2.24) is 0 Å². The monoisotopic (exact) mass is 134 g/mol. The maximum Gasteiger partial charge on any atom is 0.00276 e. The SMILES string of the molecule is SC1CCC(S)C1. The van der Waals surface area contributed by atoms with Crippen LogP contribution in [-0.4, -0.2) is 10.5 Å². The zero-order chi connectivity index (χ0) is 5.28. The summed E-state index contributed by atoms with van der Waals surface area (Å²) in [7, 11) is 0. The second-order valence-corrected chi connectivity index (χ2v) is 3.58. The van der Waals surface area contributed by atoms with Crippen LogP contribution >= 0.6 is 25.3 Å². The molecule has 0 aromatic carbocycles. The van der Waals surface area contributed by atoms with Crippen molar-refractivity contribution < 1.29 is 0 Å². The van der Waals surface area contributed by atoms with E-state index in [1.807, 2.05) is 0 Å². The molecule has 2 unspecified atom stereocenters. The van der Waals surface area contributed by atoms with Gasteiger partial charge in [-0.3, -0.25) is 0 Å². The van der Waals surface area contributed by atoms with E-state index in [0.717, 1.165) is 0 Å². The van der Waals surface area contributed by atoms with Crippen LogP contribution < -0.4 is 0 Å². The Morgan fingerprint density at radius 1 is 1.00 bits per heavy atom. The lowest BCUT2D eigenvalue weighted by atomic mass is 10.4. The normalized spacial score (nSPS) is 42.0. The Labute approximate surface area is 55.5 Å². The van der Waals surface area contributed by atoms with E-state index in [4.69, 9.17) is 0 Å². The van der Waals surface area contributed by atoms with Crippen molar-refractivity contribution in [1.29, 1.82) is 0 Å². The molecule has 2 atom stereocenters. The van der Waals surface area contributed by atoms with Crippen LogP contribution in [-0.2, 0) is 0 Å². The standard InChI is InChI=1S/C5H10S2/c6-4-1-2-5(7)3-4/h4-7H,1-3H2. The zero-order valence-electron chi connectivity index (χ0n) is 4.17. The van der Waals surface area contributed by atoms with Gasteiger partial charge in [-0.05, 0) is 19.3 Å². The third kappa shape index (κ3) is 1.57. The molecule has 42 valence electrons. The molecule has 7 heavy (non-hydrogen) atoms. The fraction of sp³-hybridized carbons (Fsp3) is 1.00. The molecule has 0 saturated heterocycles. The second kappa shape index (κ2) is 2.31. The Morgan fingerprint density at radius 3 is 1.57 bits per heavy atom. The Hall–Kier alpha value is 0.700. The number of hydrogen-bond donors (Lipinski definition) is 2. The van der Waals surface area contributed by atoms with Gasteiger partial charge in [0.05, 0.1) is 0 Å². The summed E-state index contributed by atoms with van der Waals surface area (Å²) in [6, 6.07) is 0. The van der Waals surface area contributed by atoms with E-state index in [1.54, 1.807) is 0 Å². The highest BCUT2D eigenvalue weighted by Gasteiger charge is 2.17. The van der Waals surface area contributed by atoms with E-state index >= 15 is 0 Å². The molecule has 1 rings (SSSR count). The van der Waals surface area contributed by atoms with E-state index in [1.165, 1.54) is 19.3 Å². The topological polar surface area (TPSA) is 0 Å². The first-order valence-electron chi connectivity index (χ1n) is 2.65. The van der Waals surface area contributed by atoms with E-state index in [-0.39, 0.29) is 0 Å². The number of hydrogen-bond acceptors (Lipinski definition) is 2. The minimum absolute atomic E-state index is 0.641. The first kappa shape index (κ1) is 5.83. The average molecular weight is 134 g/mol. The summed E-state index contributed by atoms with van der Waals surface area (Å²) in [5.74, 6) is 0. The average Bonchev–Trinajstić information content (AvgIpc) is 1.87. The van der Waals surface area contributed by atoms with Gasteiger partial charge in [0, 0.05) is 10.5 Å². The summed E-state index contributed by atoms with van der Waals surface area (Å²) >= 11 is 8.61. The molecule has 0 aromatic rings. The van der Waals surface area contributed by atoms with Crippen LogP contribution in [0.1, 0.15) is 19.3 Å². The lowest BCUT2D eigenvalue weighted by Gasteiger charge is -1.95. The molecule has 2 heteroatoms. The van der Waals surface area contributed by atoms with Gasteiger partial charge in [-0.25, -0.2) is 0 Å². The van der Waals surface area contributed by atoms with Gasteiger partial charge in [-0.15, -0.1) is 0 Å². The van der Waals surface area contributed by atoms with Crippen LogP contribution in [0.4, 0.5) is 0 Å². The largest absolute Gasteiger partial charge is 0.176 e. The molecule has 1 saturated carbocycles. The highest BCUT2D eigenvalue weighted by Crippen LogP contribution is 2.26. The summed E-state index contributed by atoms with van der Waals surface area (Å²) in [6.07, 6.45) is 3.72. The van der Waals surface area contributed by atoms with Gasteiger partial charge in [0.15, 0.2) is 0 Å². The zero-order valence-corrected chi connectivity index (χ0v) is 5.96. The van der Waals surface area contributed by atoms with Crippen LogP contribution in [0.5, 0.6) is 0 Å². The minimum atomic E-state index is 0.641. The molecule has 0 aliphatic heterocycles. The summed E-state index contributed by atoms with van der Waals surface area (Å²) in [5.41, 5.74) is 0. The predicted molar refractivity (Wildman–Crippen MR) is 39.4 cm³/mol. The van der Waals surface area contributed by atoms with E-state index in [0.29, 0.717) is 10.5 Å². The highest BCUT2D eigenvalue weighted by molar-refractivity contribution is 7.82. The minimum Gasteiger partial charge on any atom is -0.176 e. The van der Waals surface area contributed by atoms with Gasteiger partial charge in [0.25, 0.3) is 0 Å². The molecule has 0 spiro atoms. The number of thiol groups is 2. The third-order valence-electron chi connectivity index (χ3n) is 1.38. The van der Waals surface area contributed by atoms with Crippen LogP contribution in [0.15, 0.2) is 0 Å². The van der Waals surface area contributed by atoms with Gasteiger partial charge in [-0.2, -0.15) is 25.3 Å². The lowest BCUT2D eigenvalue weighted by molar-refractivity contribution is 0.907. The molecule has 0 aromatic heterocycles. The van der Waals surface area contributed by atoms with Gasteiger partial charge < -0.3 is 0 Å². The molecule has 0 radical (unpaired) electrons. The van der Waals surface area contributed by atoms with Gasteiger partial charge in [0.1, 0.15) is 0 Å². The van der Waals surface area contributed by atoms with Gasteiger partial charge >= 0.3 is 0 Å². The maximum atomic E-state index is 4.30. The lowest BCUT2D eigenvalue weighted by Crippen LogP contribution is -1.90. The smallest absolute Gasteiger partial charge is 0.00276 e. The van der Waals surface area contributed by atoms with Crippen LogP contribution in [0, 0.1) is 0 Å². The molecule has 0 nitrogen and oxygen atoms in total. The van der Waals surface area contributed by atoms with Crippen LogP contribution in [0.3, 0.4) is 0 Å². The number of rotatable bonds is 0. The molecular formula is C5H10S2. The van der Waals surface area contributed by atoms with Crippen molar-refractivity contribution in [3.05, 3.63) is 0 Å². The Balaban J connectivity index is 2.26. The van der Waals surface area contributed by atoms with Gasteiger partial charge in [-0.1, -0.05) is 0 Å². The quantitative estimate of drug-likeness (QED) is 0.463. The molecule has 1 aliphatic carbocycles. The molecule has 0 N–H and O–H groups in total. The van der Waals surface area contributed by atoms with E-state index in [2.05, 4.69) is 25.3 Å². The first-order valence-corrected chi connectivity index (χ1v) is 3.68. The first-order chi connectivity index (χ1) is 3.29. The Kier molecular flexibility index (Phi) is 1.93. The van der Waals surface area contributed by atoms with Crippen molar-refractivity contribution in [3.8, 4) is 0 Å². The van der Waals surface area contributed by atoms with Crippen molar-refractivity contribution in [2.24, 2.45) is 0 Å². The van der Waals surface area contributed by atoms with Crippen LogP contribution in [0.25, 0.3) is 0 Å². The summed E-state index contributed by atoms with van der Waals surface area (Å²) in [4.78, 5) is 0. The summed E-state index contributed by atoms with van der Waals surface area (Å²) in [6.45, 7) is 0. The fourth-order valence-corrected chi connectivity index (χ4v) is 1.91. The molecule has 1 fully saturated rings. The Morgan fingerprint density at radius 2 is 1.43 bits per heavy atom. The third-order valence-corrected chi connectivity index (χ3v) is 2.32. The van der Waals surface area contributed by atoms with Crippen molar-refractivity contribution >= 4 is 25.3 Å².